The van der Waals surface area contributed by atoms with Crippen molar-refractivity contribution in [1.29, 1.82) is 0 Å². The summed E-state index contributed by atoms with van der Waals surface area (Å²) in [5, 5.41) is 8.98. The third-order valence-corrected chi connectivity index (χ3v) is 1.37. The van der Waals surface area contributed by atoms with Crippen molar-refractivity contribution in [3.63, 3.8) is 0 Å². The Balaban J connectivity index is 3.12. The van der Waals surface area contributed by atoms with Gasteiger partial charge in [0.15, 0.2) is 6.29 Å². The molecule has 0 aromatic heterocycles. The summed E-state index contributed by atoms with van der Waals surface area (Å²) in [5.41, 5.74) is 0.519. The molecule has 11 heavy (non-hydrogen) atoms. The molecule has 3 heteroatoms. The number of hydrogen-bond acceptors (Lipinski definition) is 2. The minimum atomic E-state index is -0.624. The standard InChI is InChI=1S/C8H7FO2/c9-4-6-1-2-8(11)7(3-6)5-10/h1-3,5,11H,4H2. The molecule has 0 amide bonds. The first-order valence-corrected chi connectivity index (χ1v) is 3.11. The van der Waals surface area contributed by atoms with Crippen molar-refractivity contribution in [1.82, 2.24) is 0 Å². The van der Waals surface area contributed by atoms with Crippen LogP contribution in [-0.4, -0.2) is 11.4 Å². The molecule has 1 aromatic rings. The molecule has 0 unspecified atom stereocenters. The number of rotatable bonds is 2. The third-order valence-electron chi connectivity index (χ3n) is 1.37. The van der Waals surface area contributed by atoms with E-state index >= 15 is 0 Å². The van der Waals surface area contributed by atoms with E-state index in [9.17, 15) is 9.18 Å². The number of phenolic OH excluding ortho intramolecular Hbond substituents is 1. The molecule has 0 saturated carbocycles. The van der Waals surface area contributed by atoms with Gasteiger partial charge in [0.05, 0.1) is 5.56 Å². The van der Waals surface area contributed by atoms with Crippen molar-refractivity contribution in [2.45, 2.75) is 6.67 Å². The Hall–Kier alpha value is -1.38. The number of carbonyl (C=O) groups excluding carboxylic acids is 1. The molecule has 1 aromatic carbocycles. The van der Waals surface area contributed by atoms with Gasteiger partial charge in [-0.05, 0) is 17.7 Å². The largest absolute Gasteiger partial charge is 0.507 e. The van der Waals surface area contributed by atoms with Crippen molar-refractivity contribution in [2.75, 3.05) is 0 Å². The monoisotopic (exact) mass is 154 g/mol. The molecule has 0 aliphatic heterocycles. The van der Waals surface area contributed by atoms with Gasteiger partial charge in [0.2, 0.25) is 0 Å². The van der Waals surface area contributed by atoms with Gasteiger partial charge in [-0.3, -0.25) is 4.79 Å². The zero-order valence-corrected chi connectivity index (χ0v) is 5.75. The van der Waals surface area contributed by atoms with Crippen LogP contribution in [0.2, 0.25) is 0 Å². The number of carbonyl (C=O) groups is 1. The fourth-order valence-corrected chi connectivity index (χ4v) is 0.782. The second kappa shape index (κ2) is 3.14. The Labute approximate surface area is 63.3 Å². The number of benzene rings is 1. The highest BCUT2D eigenvalue weighted by Crippen LogP contribution is 2.16. The fraction of sp³-hybridized carbons (Fsp3) is 0.125. The zero-order valence-electron chi connectivity index (χ0n) is 5.75. The van der Waals surface area contributed by atoms with Crippen LogP contribution >= 0.6 is 0 Å². The first-order valence-electron chi connectivity index (χ1n) is 3.11. The van der Waals surface area contributed by atoms with E-state index in [-0.39, 0.29) is 11.3 Å². The van der Waals surface area contributed by atoms with Gasteiger partial charge >= 0.3 is 0 Å². The lowest BCUT2D eigenvalue weighted by Gasteiger charge is -1.97. The topological polar surface area (TPSA) is 37.3 Å². The summed E-state index contributed by atoms with van der Waals surface area (Å²) in [4.78, 5) is 10.2. The number of aldehydes is 1. The lowest BCUT2D eigenvalue weighted by Crippen LogP contribution is -1.84. The highest BCUT2D eigenvalue weighted by Gasteiger charge is 1.99. The van der Waals surface area contributed by atoms with Gasteiger partial charge in [-0.25, -0.2) is 4.39 Å². The van der Waals surface area contributed by atoms with Crippen LogP contribution in [0.15, 0.2) is 18.2 Å². The first kappa shape index (κ1) is 7.72. The highest BCUT2D eigenvalue weighted by molar-refractivity contribution is 5.79. The molecule has 0 fully saturated rings. The van der Waals surface area contributed by atoms with Crippen LogP contribution in [0.1, 0.15) is 15.9 Å². The van der Waals surface area contributed by atoms with E-state index in [1.165, 1.54) is 18.2 Å². The Morgan fingerprint density at radius 3 is 2.82 bits per heavy atom. The molecule has 1 N–H and O–H groups in total. The molecular formula is C8H7FO2. The summed E-state index contributed by atoms with van der Waals surface area (Å²) in [5.74, 6) is -0.114. The number of halogens is 1. The normalized spacial score (nSPS) is 9.55. The van der Waals surface area contributed by atoms with E-state index in [0.717, 1.165) is 0 Å². The van der Waals surface area contributed by atoms with Crippen LogP contribution in [0.5, 0.6) is 5.75 Å². The van der Waals surface area contributed by atoms with Gasteiger partial charge in [0, 0.05) is 0 Å². The number of alkyl halides is 1. The Morgan fingerprint density at radius 1 is 1.55 bits per heavy atom. The maximum absolute atomic E-state index is 12.0. The van der Waals surface area contributed by atoms with Crippen molar-refractivity contribution < 1.29 is 14.3 Å². The van der Waals surface area contributed by atoms with Crippen LogP contribution in [0.4, 0.5) is 4.39 Å². The maximum atomic E-state index is 12.0. The number of aromatic hydroxyl groups is 1. The summed E-state index contributed by atoms with van der Waals surface area (Å²) in [6, 6.07) is 4.06. The quantitative estimate of drug-likeness (QED) is 0.658. The molecule has 0 aliphatic rings. The molecular weight excluding hydrogens is 147 g/mol. The maximum Gasteiger partial charge on any atom is 0.153 e. The molecule has 0 spiro atoms. The van der Waals surface area contributed by atoms with Crippen molar-refractivity contribution in [3.05, 3.63) is 29.3 Å². The van der Waals surface area contributed by atoms with Gasteiger partial charge in [0.25, 0.3) is 0 Å². The van der Waals surface area contributed by atoms with Crippen molar-refractivity contribution >= 4 is 6.29 Å². The van der Waals surface area contributed by atoms with Crippen LogP contribution in [0.3, 0.4) is 0 Å². The molecule has 1 rings (SSSR count). The van der Waals surface area contributed by atoms with Gasteiger partial charge in [-0.15, -0.1) is 0 Å². The molecule has 0 atom stereocenters. The van der Waals surface area contributed by atoms with Crippen LogP contribution in [0, 0.1) is 0 Å². The van der Waals surface area contributed by atoms with E-state index in [4.69, 9.17) is 5.11 Å². The summed E-state index contributed by atoms with van der Waals surface area (Å²) < 4.78 is 12.0. The molecule has 58 valence electrons. The highest BCUT2D eigenvalue weighted by atomic mass is 19.1. The molecule has 0 aliphatic carbocycles. The molecule has 0 heterocycles. The Bertz CT molecular complexity index is 271. The molecule has 0 radical (unpaired) electrons. The lowest BCUT2D eigenvalue weighted by molar-refractivity contribution is 0.112. The van der Waals surface area contributed by atoms with E-state index < -0.39 is 6.67 Å². The number of phenols is 1. The molecule has 0 saturated heterocycles. The Morgan fingerprint density at radius 2 is 2.27 bits per heavy atom. The summed E-state index contributed by atoms with van der Waals surface area (Å²) in [7, 11) is 0. The molecule has 2 nitrogen and oxygen atoms in total. The fourth-order valence-electron chi connectivity index (χ4n) is 0.782. The Kier molecular flexibility index (Phi) is 2.21. The first-order chi connectivity index (χ1) is 5.27. The average Bonchev–Trinajstić information content (AvgIpc) is 2.05. The zero-order chi connectivity index (χ0) is 8.27. The van der Waals surface area contributed by atoms with E-state index in [0.29, 0.717) is 11.8 Å². The predicted octanol–water partition coefficient (Wildman–Crippen LogP) is 1.67. The van der Waals surface area contributed by atoms with Gasteiger partial charge < -0.3 is 5.11 Å². The summed E-state index contributed by atoms with van der Waals surface area (Å²) in [6.45, 7) is -0.624. The van der Waals surface area contributed by atoms with Gasteiger partial charge in [-0.1, -0.05) is 6.07 Å². The molecule has 0 bridgehead atoms. The van der Waals surface area contributed by atoms with Gasteiger partial charge in [-0.2, -0.15) is 0 Å². The van der Waals surface area contributed by atoms with Crippen LogP contribution < -0.4 is 0 Å². The van der Waals surface area contributed by atoms with Crippen molar-refractivity contribution in [2.24, 2.45) is 0 Å². The van der Waals surface area contributed by atoms with Crippen LogP contribution in [-0.2, 0) is 6.67 Å². The van der Waals surface area contributed by atoms with Crippen LogP contribution in [0.25, 0.3) is 0 Å². The SMILES string of the molecule is O=Cc1cc(CF)ccc1O. The van der Waals surface area contributed by atoms with E-state index in [1.54, 1.807) is 0 Å². The smallest absolute Gasteiger partial charge is 0.153 e. The second-order valence-electron chi connectivity index (χ2n) is 2.14. The number of hydrogen-bond donors (Lipinski definition) is 1. The lowest BCUT2D eigenvalue weighted by atomic mass is 10.1. The van der Waals surface area contributed by atoms with Crippen molar-refractivity contribution in [3.8, 4) is 5.75 Å². The summed E-state index contributed by atoms with van der Waals surface area (Å²) >= 11 is 0. The van der Waals surface area contributed by atoms with E-state index in [2.05, 4.69) is 0 Å². The minimum Gasteiger partial charge on any atom is -0.507 e. The van der Waals surface area contributed by atoms with Gasteiger partial charge in [0.1, 0.15) is 12.4 Å². The minimum absolute atomic E-state index is 0.114. The second-order valence-corrected chi connectivity index (χ2v) is 2.14. The van der Waals surface area contributed by atoms with E-state index in [1.807, 2.05) is 0 Å². The third kappa shape index (κ3) is 1.55. The average molecular weight is 154 g/mol. The predicted molar refractivity (Wildman–Crippen MR) is 38.3 cm³/mol. The summed E-state index contributed by atoms with van der Waals surface area (Å²) in [6.07, 6.45) is 0.495.